The predicted octanol–water partition coefficient (Wildman–Crippen LogP) is 2.50. The molecule has 1 aliphatic rings. The maximum atomic E-state index is 4.51. The molecule has 0 saturated carbocycles. The van der Waals surface area contributed by atoms with Gasteiger partial charge in [-0.15, -0.1) is 0 Å². The number of pyridine rings is 2. The highest BCUT2D eigenvalue weighted by atomic mass is 32.1. The van der Waals surface area contributed by atoms with E-state index in [1.165, 1.54) is 31.9 Å². The van der Waals surface area contributed by atoms with Crippen LogP contribution >= 0.6 is 11.3 Å². The van der Waals surface area contributed by atoms with Gasteiger partial charge in [0.25, 0.3) is 0 Å². The van der Waals surface area contributed by atoms with Crippen LogP contribution in [0, 0.1) is 0 Å². The number of aromatic nitrogens is 4. The fourth-order valence-electron chi connectivity index (χ4n) is 3.15. The molecular weight excluding hydrogens is 268 g/mol. The van der Waals surface area contributed by atoms with E-state index in [4.69, 9.17) is 0 Å². The number of rotatable bonds is 0. The minimum absolute atomic E-state index is 0.905. The van der Waals surface area contributed by atoms with Crippen molar-refractivity contribution in [1.29, 1.82) is 0 Å². The van der Waals surface area contributed by atoms with Gasteiger partial charge in [-0.1, -0.05) is 11.3 Å². The molecule has 0 aliphatic carbocycles. The molecular formula is C15H11N4S+. The van der Waals surface area contributed by atoms with Crippen LogP contribution in [0.2, 0.25) is 0 Å². The van der Waals surface area contributed by atoms with Crippen LogP contribution in [-0.2, 0) is 13.6 Å². The lowest BCUT2D eigenvalue weighted by Gasteiger charge is -1.92. The van der Waals surface area contributed by atoms with E-state index in [2.05, 4.69) is 38.3 Å². The molecule has 5 heteroatoms. The fourth-order valence-corrected chi connectivity index (χ4v) is 4.52. The van der Waals surface area contributed by atoms with E-state index in [1.807, 2.05) is 36.0 Å². The van der Waals surface area contributed by atoms with Gasteiger partial charge in [0.2, 0.25) is 5.65 Å². The van der Waals surface area contributed by atoms with Gasteiger partial charge in [-0.25, -0.2) is 14.1 Å². The number of aryl methyl sites for hydroxylation is 1. The minimum Gasteiger partial charge on any atom is -0.264 e. The molecule has 0 N–H and O–H groups in total. The molecule has 0 unspecified atom stereocenters. The van der Waals surface area contributed by atoms with Crippen molar-refractivity contribution in [3.63, 3.8) is 0 Å². The van der Waals surface area contributed by atoms with Crippen molar-refractivity contribution in [2.24, 2.45) is 7.05 Å². The van der Waals surface area contributed by atoms with E-state index in [9.17, 15) is 0 Å². The van der Waals surface area contributed by atoms with Gasteiger partial charge in [-0.3, -0.25) is 4.98 Å². The molecule has 4 aromatic heterocycles. The fraction of sp³-hybridized carbons (Fsp3) is 0.133. The minimum atomic E-state index is 0.905. The Morgan fingerprint density at radius 2 is 2.25 bits per heavy atom. The molecule has 0 aromatic carbocycles. The smallest absolute Gasteiger partial charge is 0.264 e. The van der Waals surface area contributed by atoms with Gasteiger partial charge in [0.1, 0.15) is 11.2 Å². The van der Waals surface area contributed by atoms with E-state index in [0.717, 1.165) is 12.2 Å². The van der Waals surface area contributed by atoms with Crippen molar-refractivity contribution < 1.29 is 4.57 Å². The monoisotopic (exact) mass is 279 g/mol. The molecule has 0 radical (unpaired) electrons. The van der Waals surface area contributed by atoms with E-state index in [-0.39, 0.29) is 0 Å². The third-order valence-electron chi connectivity index (χ3n) is 4.03. The molecule has 4 aromatic rings. The van der Waals surface area contributed by atoms with Crippen LogP contribution in [0.3, 0.4) is 0 Å². The molecule has 0 fully saturated rings. The van der Waals surface area contributed by atoms with Crippen molar-refractivity contribution in [2.75, 3.05) is 0 Å². The van der Waals surface area contributed by atoms with Crippen LogP contribution in [0.25, 0.3) is 32.0 Å². The summed E-state index contributed by atoms with van der Waals surface area (Å²) in [6.45, 7) is 0.905. The molecule has 0 bridgehead atoms. The quantitative estimate of drug-likeness (QED) is 0.408. The third kappa shape index (κ3) is 1.10. The lowest BCUT2D eigenvalue weighted by Crippen LogP contribution is -2.32. The van der Waals surface area contributed by atoms with Gasteiger partial charge in [-0.05, 0) is 18.2 Å². The van der Waals surface area contributed by atoms with Crippen LogP contribution in [0.5, 0.6) is 0 Å². The first-order valence-corrected chi connectivity index (χ1v) is 7.35. The lowest BCUT2D eigenvalue weighted by molar-refractivity contribution is -0.644. The average Bonchev–Trinajstić information content (AvgIpc) is 3.09. The number of thiazole rings is 1. The van der Waals surface area contributed by atoms with Gasteiger partial charge < -0.3 is 0 Å². The molecule has 20 heavy (non-hydrogen) atoms. The Labute approximate surface area is 119 Å². The Morgan fingerprint density at radius 3 is 3.20 bits per heavy atom. The summed E-state index contributed by atoms with van der Waals surface area (Å²) in [6.07, 6.45) is 5.70. The largest absolute Gasteiger partial charge is 0.302 e. The topological polar surface area (TPSA) is 34.6 Å². The average molecular weight is 279 g/mol. The van der Waals surface area contributed by atoms with Crippen LogP contribution < -0.4 is 4.57 Å². The standard InChI is InChI=1S/C15H11N4S/c1-18-13-11(3-2-5-17-13)12-14(18)19-8-9-7-16-6-4-10(9)15(19)20-12/h2-7H,8H2,1H3/q+1. The first-order chi connectivity index (χ1) is 9.84. The Balaban J connectivity index is 1.97. The van der Waals surface area contributed by atoms with Gasteiger partial charge in [0.05, 0.1) is 12.4 Å². The van der Waals surface area contributed by atoms with Crippen molar-refractivity contribution in [2.45, 2.75) is 6.54 Å². The zero-order valence-corrected chi connectivity index (χ0v) is 11.7. The first-order valence-electron chi connectivity index (χ1n) is 6.53. The Morgan fingerprint density at radius 1 is 1.30 bits per heavy atom. The molecule has 0 amide bonds. The summed E-state index contributed by atoms with van der Waals surface area (Å²) in [6, 6.07) is 6.28. The number of hydrogen-bond donors (Lipinski definition) is 0. The van der Waals surface area contributed by atoms with Crippen molar-refractivity contribution in [3.8, 4) is 10.6 Å². The molecule has 5 heterocycles. The maximum absolute atomic E-state index is 4.51. The molecule has 96 valence electrons. The highest BCUT2D eigenvalue weighted by molar-refractivity contribution is 7.22. The first kappa shape index (κ1) is 10.5. The summed E-state index contributed by atoms with van der Waals surface area (Å²) < 4.78 is 5.91. The van der Waals surface area contributed by atoms with Crippen LogP contribution in [0.4, 0.5) is 0 Å². The normalized spacial score (nSPS) is 13.1. The summed E-state index contributed by atoms with van der Waals surface area (Å²) in [5.41, 5.74) is 4.94. The molecule has 0 saturated heterocycles. The molecule has 0 atom stereocenters. The Hall–Kier alpha value is -2.27. The van der Waals surface area contributed by atoms with Crippen LogP contribution in [-0.4, -0.2) is 14.5 Å². The highest BCUT2D eigenvalue weighted by Crippen LogP contribution is 2.38. The zero-order chi connectivity index (χ0) is 13.3. The number of fused-ring (bicyclic) bond motifs is 7. The summed E-state index contributed by atoms with van der Waals surface area (Å²) in [7, 11) is 2.10. The second-order valence-electron chi connectivity index (χ2n) is 5.11. The van der Waals surface area contributed by atoms with Crippen LogP contribution in [0.1, 0.15) is 5.56 Å². The zero-order valence-electron chi connectivity index (χ0n) is 10.9. The van der Waals surface area contributed by atoms with E-state index >= 15 is 0 Å². The Kier molecular flexibility index (Phi) is 1.80. The van der Waals surface area contributed by atoms with E-state index in [1.54, 1.807) is 0 Å². The molecule has 4 nitrogen and oxygen atoms in total. The van der Waals surface area contributed by atoms with E-state index < -0.39 is 0 Å². The Bertz CT molecular complexity index is 996. The molecule has 0 spiro atoms. The summed E-state index contributed by atoms with van der Waals surface area (Å²) in [5.74, 6) is 0. The van der Waals surface area contributed by atoms with Gasteiger partial charge in [-0.2, -0.15) is 0 Å². The van der Waals surface area contributed by atoms with Gasteiger partial charge in [0.15, 0.2) is 5.01 Å². The molecule has 5 rings (SSSR count). The lowest BCUT2D eigenvalue weighted by atomic mass is 10.2. The predicted molar refractivity (Wildman–Crippen MR) is 78.6 cm³/mol. The van der Waals surface area contributed by atoms with Crippen LogP contribution in [0.15, 0.2) is 36.8 Å². The molecule has 1 aliphatic heterocycles. The summed E-state index contributed by atoms with van der Waals surface area (Å²) >= 11 is 1.85. The third-order valence-corrected chi connectivity index (χ3v) is 5.27. The second kappa shape index (κ2) is 3.43. The van der Waals surface area contributed by atoms with E-state index in [0.29, 0.717) is 0 Å². The number of nitrogens with zero attached hydrogens (tertiary/aromatic N) is 4. The SMILES string of the molecule is Cn1c2ncccc2c2sc3[n+](c21)Cc1cnccc1-3. The van der Waals surface area contributed by atoms with Crippen molar-refractivity contribution >= 4 is 32.7 Å². The summed E-state index contributed by atoms with van der Waals surface area (Å²) in [5, 5.41) is 2.57. The maximum Gasteiger partial charge on any atom is 0.302 e. The van der Waals surface area contributed by atoms with Gasteiger partial charge >= 0.3 is 5.65 Å². The van der Waals surface area contributed by atoms with Crippen molar-refractivity contribution in [1.82, 2.24) is 14.5 Å². The highest BCUT2D eigenvalue weighted by Gasteiger charge is 2.32. The second-order valence-corrected chi connectivity index (χ2v) is 6.11. The number of hydrogen-bond acceptors (Lipinski definition) is 3. The van der Waals surface area contributed by atoms with Gasteiger partial charge in [0, 0.05) is 29.7 Å². The van der Waals surface area contributed by atoms with Crippen molar-refractivity contribution in [3.05, 3.63) is 42.4 Å². The summed E-state index contributed by atoms with van der Waals surface area (Å²) in [4.78, 5) is 8.75.